The van der Waals surface area contributed by atoms with Gasteiger partial charge in [0.15, 0.2) is 0 Å². The van der Waals surface area contributed by atoms with Gasteiger partial charge in [0.25, 0.3) is 0 Å². The van der Waals surface area contributed by atoms with Crippen molar-refractivity contribution in [1.82, 2.24) is 4.98 Å². The molecule has 1 heterocycles. The molecule has 4 heteroatoms. The minimum absolute atomic E-state index is 0.569. The molecule has 16 heavy (non-hydrogen) atoms. The molecule has 0 unspecified atom stereocenters. The van der Waals surface area contributed by atoms with Crippen molar-refractivity contribution >= 4 is 34.1 Å². The maximum Gasteiger partial charge on any atom is 0.141 e. The molecule has 1 fully saturated rings. The molecule has 1 aromatic rings. The SMILES string of the molecule is CC1CCC(Nc2nccc(N)c2I)CC1. The fraction of sp³-hybridized carbons (Fsp3) is 0.583. The van der Waals surface area contributed by atoms with Crippen molar-refractivity contribution in [2.24, 2.45) is 5.92 Å². The van der Waals surface area contributed by atoms with Crippen LogP contribution in [0.4, 0.5) is 11.5 Å². The molecule has 1 saturated carbocycles. The normalized spacial score (nSPS) is 25.4. The van der Waals surface area contributed by atoms with E-state index in [9.17, 15) is 0 Å². The van der Waals surface area contributed by atoms with Crippen LogP contribution in [0.5, 0.6) is 0 Å². The van der Waals surface area contributed by atoms with Gasteiger partial charge in [-0.3, -0.25) is 0 Å². The van der Waals surface area contributed by atoms with Gasteiger partial charge in [-0.15, -0.1) is 0 Å². The third-order valence-electron chi connectivity index (χ3n) is 3.28. The zero-order valence-corrected chi connectivity index (χ0v) is 11.7. The van der Waals surface area contributed by atoms with E-state index in [0.29, 0.717) is 6.04 Å². The number of halogens is 1. The van der Waals surface area contributed by atoms with Gasteiger partial charge in [0, 0.05) is 12.2 Å². The lowest BCUT2D eigenvalue weighted by Crippen LogP contribution is -2.26. The second kappa shape index (κ2) is 5.21. The summed E-state index contributed by atoms with van der Waals surface area (Å²) in [6.07, 6.45) is 6.89. The van der Waals surface area contributed by atoms with Crippen LogP contribution in [-0.2, 0) is 0 Å². The number of nitrogens with one attached hydrogen (secondary N) is 1. The van der Waals surface area contributed by atoms with Gasteiger partial charge in [-0.1, -0.05) is 6.92 Å². The smallest absolute Gasteiger partial charge is 0.141 e. The first kappa shape index (κ1) is 12.0. The summed E-state index contributed by atoms with van der Waals surface area (Å²) in [5.41, 5.74) is 6.67. The molecular weight excluding hydrogens is 313 g/mol. The Kier molecular flexibility index (Phi) is 3.89. The number of nitrogen functional groups attached to an aromatic ring is 1. The van der Waals surface area contributed by atoms with Crippen LogP contribution in [0, 0.1) is 9.49 Å². The van der Waals surface area contributed by atoms with Crippen molar-refractivity contribution in [3.63, 3.8) is 0 Å². The molecular formula is C12H18IN3. The van der Waals surface area contributed by atoms with Crippen LogP contribution < -0.4 is 11.1 Å². The molecule has 88 valence electrons. The van der Waals surface area contributed by atoms with E-state index in [1.165, 1.54) is 25.7 Å². The van der Waals surface area contributed by atoms with Gasteiger partial charge in [0.05, 0.1) is 9.26 Å². The molecule has 0 saturated heterocycles. The van der Waals surface area contributed by atoms with Gasteiger partial charge in [0.2, 0.25) is 0 Å². The molecule has 1 aliphatic rings. The third-order valence-corrected chi connectivity index (χ3v) is 4.41. The molecule has 1 aliphatic carbocycles. The summed E-state index contributed by atoms with van der Waals surface area (Å²) >= 11 is 2.26. The largest absolute Gasteiger partial charge is 0.398 e. The highest BCUT2D eigenvalue weighted by Crippen LogP contribution is 2.28. The Morgan fingerprint density at radius 1 is 1.38 bits per heavy atom. The maximum atomic E-state index is 5.86. The van der Waals surface area contributed by atoms with Gasteiger partial charge in [0.1, 0.15) is 5.82 Å². The number of rotatable bonds is 2. The average Bonchev–Trinajstić information content (AvgIpc) is 2.28. The van der Waals surface area contributed by atoms with E-state index in [1.54, 1.807) is 6.20 Å². The second-order valence-corrected chi connectivity index (χ2v) is 5.74. The van der Waals surface area contributed by atoms with Crippen molar-refractivity contribution < 1.29 is 0 Å². The summed E-state index contributed by atoms with van der Waals surface area (Å²) in [6.45, 7) is 2.33. The number of nitrogens with two attached hydrogens (primary N) is 1. The predicted octanol–water partition coefficient (Wildman–Crippen LogP) is 3.26. The molecule has 0 aromatic carbocycles. The molecule has 0 radical (unpaired) electrons. The Morgan fingerprint density at radius 2 is 2.06 bits per heavy atom. The lowest BCUT2D eigenvalue weighted by molar-refractivity contribution is 0.360. The van der Waals surface area contributed by atoms with E-state index in [4.69, 9.17) is 5.73 Å². The minimum Gasteiger partial charge on any atom is -0.398 e. The quantitative estimate of drug-likeness (QED) is 0.818. The standard InChI is InChI=1S/C12H18IN3/c1-8-2-4-9(5-3-8)16-12-11(13)10(14)6-7-15-12/h6-9H,2-5H2,1H3,(H3,14,15,16). The lowest BCUT2D eigenvalue weighted by Gasteiger charge is -2.27. The van der Waals surface area contributed by atoms with Crippen molar-refractivity contribution in [1.29, 1.82) is 0 Å². The average molecular weight is 331 g/mol. The van der Waals surface area contributed by atoms with Crippen LogP contribution in [-0.4, -0.2) is 11.0 Å². The molecule has 3 nitrogen and oxygen atoms in total. The second-order valence-electron chi connectivity index (χ2n) is 4.66. The van der Waals surface area contributed by atoms with Crippen molar-refractivity contribution in [3.05, 3.63) is 15.8 Å². The van der Waals surface area contributed by atoms with Crippen LogP contribution in [0.3, 0.4) is 0 Å². The van der Waals surface area contributed by atoms with Crippen LogP contribution in [0.25, 0.3) is 0 Å². The fourth-order valence-corrected chi connectivity index (χ4v) is 2.63. The molecule has 0 aliphatic heterocycles. The topological polar surface area (TPSA) is 50.9 Å². The minimum atomic E-state index is 0.569. The van der Waals surface area contributed by atoms with E-state index >= 15 is 0 Å². The Bertz CT molecular complexity index is 359. The third kappa shape index (κ3) is 2.78. The number of pyridine rings is 1. The molecule has 1 aromatic heterocycles. The Balaban J connectivity index is 2.01. The van der Waals surface area contributed by atoms with Gasteiger partial charge in [-0.25, -0.2) is 4.98 Å². The lowest BCUT2D eigenvalue weighted by atomic mass is 9.87. The van der Waals surface area contributed by atoms with E-state index in [0.717, 1.165) is 21.0 Å². The van der Waals surface area contributed by atoms with Gasteiger partial charge in [-0.2, -0.15) is 0 Å². The summed E-state index contributed by atoms with van der Waals surface area (Å²) in [5.74, 6) is 1.83. The predicted molar refractivity (Wildman–Crippen MR) is 76.4 cm³/mol. The van der Waals surface area contributed by atoms with E-state index in [2.05, 4.69) is 39.8 Å². The maximum absolute atomic E-state index is 5.86. The molecule has 0 spiro atoms. The fourth-order valence-electron chi connectivity index (χ4n) is 2.16. The van der Waals surface area contributed by atoms with Gasteiger partial charge >= 0.3 is 0 Å². The Hall–Kier alpha value is -0.520. The highest BCUT2D eigenvalue weighted by Gasteiger charge is 2.19. The van der Waals surface area contributed by atoms with Crippen molar-refractivity contribution in [2.45, 2.75) is 38.6 Å². The van der Waals surface area contributed by atoms with Crippen molar-refractivity contribution in [2.75, 3.05) is 11.1 Å². The first-order valence-electron chi connectivity index (χ1n) is 5.83. The van der Waals surface area contributed by atoms with Crippen molar-refractivity contribution in [3.8, 4) is 0 Å². The first-order chi connectivity index (χ1) is 7.66. The molecule has 0 amide bonds. The summed E-state index contributed by atoms with van der Waals surface area (Å²) < 4.78 is 1.04. The van der Waals surface area contributed by atoms with Crippen LogP contribution >= 0.6 is 22.6 Å². The summed E-state index contributed by atoms with van der Waals surface area (Å²) in [4.78, 5) is 4.35. The van der Waals surface area contributed by atoms with Gasteiger partial charge < -0.3 is 11.1 Å². The molecule has 0 bridgehead atoms. The number of aromatic nitrogens is 1. The molecule has 0 atom stereocenters. The Morgan fingerprint density at radius 3 is 2.75 bits per heavy atom. The summed E-state index contributed by atoms with van der Waals surface area (Å²) in [5, 5.41) is 3.51. The number of nitrogens with zero attached hydrogens (tertiary/aromatic N) is 1. The highest BCUT2D eigenvalue weighted by atomic mass is 127. The highest BCUT2D eigenvalue weighted by molar-refractivity contribution is 14.1. The molecule has 3 N–H and O–H groups in total. The number of anilines is 2. The van der Waals surface area contributed by atoms with E-state index in [-0.39, 0.29) is 0 Å². The summed E-state index contributed by atoms with van der Waals surface area (Å²) in [6, 6.07) is 2.41. The van der Waals surface area contributed by atoms with Crippen LogP contribution in [0.2, 0.25) is 0 Å². The van der Waals surface area contributed by atoms with E-state index in [1.807, 2.05) is 6.07 Å². The monoisotopic (exact) mass is 331 g/mol. The number of hydrogen-bond acceptors (Lipinski definition) is 3. The molecule has 2 rings (SSSR count). The first-order valence-corrected chi connectivity index (χ1v) is 6.91. The van der Waals surface area contributed by atoms with Crippen LogP contribution in [0.15, 0.2) is 12.3 Å². The van der Waals surface area contributed by atoms with Crippen LogP contribution in [0.1, 0.15) is 32.6 Å². The number of hydrogen-bond donors (Lipinski definition) is 2. The summed E-state index contributed by atoms with van der Waals surface area (Å²) in [7, 11) is 0. The zero-order valence-electron chi connectivity index (χ0n) is 9.54. The van der Waals surface area contributed by atoms with E-state index < -0.39 is 0 Å². The Labute approximate surface area is 110 Å². The van der Waals surface area contributed by atoms with Gasteiger partial charge in [-0.05, 0) is 60.3 Å². The zero-order chi connectivity index (χ0) is 11.5.